The third kappa shape index (κ3) is 1.91. The SMILES string of the molecule is C[C@@H]([C]=O)CO. The van der Waals surface area contributed by atoms with Crippen LogP contribution in [0.25, 0.3) is 0 Å². The van der Waals surface area contributed by atoms with E-state index in [4.69, 9.17) is 5.11 Å². The van der Waals surface area contributed by atoms with Gasteiger partial charge in [-0.25, -0.2) is 0 Å². The normalized spacial score (nSPS) is 13.7. The van der Waals surface area contributed by atoms with Crippen LogP contribution in [-0.2, 0) is 4.79 Å². The Bertz CT molecular complexity index is 42.8. The van der Waals surface area contributed by atoms with Gasteiger partial charge in [-0.3, -0.25) is 4.79 Å². The van der Waals surface area contributed by atoms with Gasteiger partial charge in [-0.15, -0.1) is 0 Å². The Kier molecular flexibility index (Phi) is 2.67. The number of aliphatic hydroxyl groups is 1. The van der Waals surface area contributed by atoms with Gasteiger partial charge in [0.15, 0.2) is 0 Å². The second-order valence-electron chi connectivity index (χ2n) is 1.20. The van der Waals surface area contributed by atoms with Gasteiger partial charge in [-0.1, -0.05) is 6.92 Å². The first-order valence-corrected chi connectivity index (χ1v) is 1.79. The molecule has 0 aliphatic heterocycles. The van der Waals surface area contributed by atoms with Gasteiger partial charge in [0.1, 0.15) is 0 Å². The maximum absolute atomic E-state index is 9.45. The van der Waals surface area contributed by atoms with Crippen LogP contribution in [0.4, 0.5) is 0 Å². The summed E-state index contributed by atoms with van der Waals surface area (Å²) in [7, 11) is 0. The number of aliphatic hydroxyl groups excluding tert-OH is 1. The van der Waals surface area contributed by atoms with Crippen LogP contribution < -0.4 is 0 Å². The Hall–Kier alpha value is -0.370. The molecule has 0 saturated heterocycles. The number of hydrogen-bond donors (Lipinski definition) is 1. The molecule has 0 spiro atoms. The van der Waals surface area contributed by atoms with Gasteiger partial charge in [0.05, 0.1) is 6.61 Å². The molecule has 0 saturated carbocycles. The summed E-state index contributed by atoms with van der Waals surface area (Å²) in [4.78, 5) is 9.45. The van der Waals surface area contributed by atoms with Crippen molar-refractivity contribution in [2.24, 2.45) is 5.92 Å². The maximum atomic E-state index is 9.45. The van der Waals surface area contributed by atoms with E-state index in [1.165, 1.54) is 0 Å². The van der Waals surface area contributed by atoms with Crippen molar-refractivity contribution in [1.82, 2.24) is 0 Å². The number of hydrogen-bond acceptors (Lipinski definition) is 2. The van der Waals surface area contributed by atoms with Crippen LogP contribution in [-0.4, -0.2) is 18.0 Å². The molecule has 6 heavy (non-hydrogen) atoms. The van der Waals surface area contributed by atoms with E-state index in [0.29, 0.717) is 0 Å². The van der Waals surface area contributed by atoms with E-state index in [0.717, 1.165) is 0 Å². The minimum absolute atomic E-state index is 0.0938. The van der Waals surface area contributed by atoms with E-state index in [-0.39, 0.29) is 12.5 Å². The molecule has 0 aromatic carbocycles. The van der Waals surface area contributed by atoms with Crippen molar-refractivity contribution >= 4 is 6.29 Å². The zero-order valence-corrected chi connectivity index (χ0v) is 3.64. The summed E-state index contributed by atoms with van der Waals surface area (Å²) in [6.45, 7) is 1.51. The van der Waals surface area contributed by atoms with Crippen LogP contribution in [0.5, 0.6) is 0 Å². The monoisotopic (exact) mass is 87.0 g/mol. The number of carbonyl (C=O) groups excluding carboxylic acids is 1. The molecular weight excluding hydrogens is 80.0 g/mol. The van der Waals surface area contributed by atoms with E-state index in [2.05, 4.69) is 0 Å². The maximum Gasteiger partial charge on any atom is 0.203 e. The van der Waals surface area contributed by atoms with E-state index in [9.17, 15) is 4.79 Å². The van der Waals surface area contributed by atoms with Crippen LogP contribution in [0.3, 0.4) is 0 Å². The van der Waals surface area contributed by atoms with Gasteiger partial charge in [0, 0.05) is 5.92 Å². The first-order chi connectivity index (χ1) is 2.81. The van der Waals surface area contributed by atoms with Crippen molar-refractivity contribution in [3.8, 4) is 0 Å². The highest BCUT2D eigenvalue weighted by Gasteiger charge is 1.92. The topological polar surface area (TPSA) is 37.3 Å². The van der Waals surface area contributed by atoms with Crippen LogP contribution in [0, 0.1) is 5.92 Å². The molecule has 0 bridgehead atoms. The molecule has 0 heterocycles. The van der Waals surface area contributed by atoms with Crippen molar-refractivity contribution in [3.63, 3.8) is 0 Å². The van der Waals surface area contributed by atoms with Gasteiger partial charge in [0.2, 0.25) is 6.29 Å². The molecule has 0 fully saturated rings. The molecule has 35 valence electrons. The van der Waals surface area contributed by atoms with E-state index < -0.39 is 0 Å². The van der Waals surface area contributed by atoms with Crippen molar-refractivity contribution in [1.29, 1.82) is 0 Å². The molecule has 0 unspecified atom stereocenters. The molecule has 0 amide bonds. The second-order valence-corrected chi connectivity index (χ2v) is 1.20. The molecule has 0 aliphatic carbocycles. The van der Waals surface area contributed by atoms with Crippen molar-refractivity contribution in [2.45, 2.75) is 6.92 Å². The fourth-order valence-corrected chi connectivity index (χ4v) is 0.0373. The van der Waals surface area contributed by atoms with Crippen LogP contribution in [0.2, 0.25) is 0 Å². The fourth-order valence-electron chi connectivity index (χ4n) is 0.0373. The molecular formula is C4H7O2. The van der Waals surface area contributed by atoms with Crippen molar-refractivity contribution < 1.29 is 9.90 Å². The van der Waals surface area contributed by atoms with Gasteiger partial charge >= 0.3 is 0 Å². The lowest BCUT2D eigenvalue weighted by Gasteiger charge is -1.87. The molecule has 0 rings (SSSR count). The smallest absolute Gasteiger partial charge is 0.203 e. The molecule has 0 aromatic heterocycles. The summed E-state index contributed by atoms with van der Waals surface area (Å²) in [5, 5.41) is 8.07. The summed E-state index contributed by atoms with van der Waals surface area (Å²) in [6.07, 6.45) is 1.61. The summed E-state index contributed by atoms with van der Waals surface area (Å²) < 4.78 is 0. The quantitative estimate of drug-likeness (QED) is 0.503. The first kappa shape index (κ1) is 5.63. The average Bonchev–Trinajstić information content (AvgIpc) is 1.65. The Morgan fingerprint density at radius 1 is 2.00 bits per heavy atom. The summed E-state index contributed by atoms with van der Waals surface area (Å²) in [5.41, 5.74) is 0. The highest BCUT2D eigenvalue weighted by molar-refractivity contribution is 5.53. The van der Waals surface area contributed by atoms with Gasteiger partial charge < -0.3 is 5.11 Å². The Labute approximate surface area is 36.8 Å². The highest BCUT2D eigenvalue weighted by Crippen LogP contribution is 1.81. The minimum atomic E-state index is -0.315. The lowest BCUT2D eigenvalue weighted by molar-refractivity contribution is 0.266. The molecule has 0 aliphatic rings. The fraction of sp³-hybridized carbons (Fsp3) is 0.750. The second kappa shape index (κ2) is 2.85. The Balaban J connectivity index is 2.96. The average molecular weight is 87.1 g/mol. The zero-order valence-electron chi connectivity index (χ0n) is 3.64. The lowest BCUT2D eigenvalue weighted by Crippen LogP contribution is -1.99. The van der Waals surface area contributed by atoms with Crippen LogP contribution in [0.1, 0.15) is 6.92 Å². The van der Waals surface area contributed by atoms with E-state index >= 15 is 0 Å². The zero-order chi connectivity index (χ0) is 4.99. The third-order valence-corrected chi connectivity index (χ3v) is 0.475. The molecule has 1 atom stereocenters. The Morgan fingerprint density at radius 3 is 2.50 bits per heavy atom. The molecule has 2 heteroatoms. The van der Waals surface area contributed by atoms with Crippen molar-refractivity contribution in [2.75, 3.05) is 6.61 Å². The van der Waals surface area contributed by atoms with E-state index in [1.807, 2.05) is 0 Å². The highest BCUT2D eigenvalue weighted by atomic mass is 16.3. The predicted molar refractivity (Wildman–Crippen MR) is 21.9 cm³/mol. The van der Waals surface area contributed by atoms with Gasteiger partial charge in [0.25, 0.3) is 0 Å². The largest absolute Gasteiger partial charge is 0.396 e. The van der Waals surface area contributed by atoms with Crippen LogP contribution in [0.15, 0.2) is 0 Å². The summed E-state index contributed by atoms with van der Waals surface area (Å²) in [5.74, 6) is -0.315. The first-order valence-electron chi connectivity index (χ1n) is 1.79. The van der Waals surface area contributed by atoms with Gasteiger partial charge in [-0.2, -0.15) is 0 Å². The lowest BCUT2D eigenvalue weighted by atomic mass is 10.2. The Morgan fingerprint density at radius 2 is 2.50 bits per heavy atom. The summed E-state index contributed by atoms with van der Waals surface area (Å²) >= 11 is 0. The minimum Gasteiger partial charge on any atom is -0.396 e. The molecule has 0 aromatic rings. The molecule has 2 nitrogen and oxygen atoms in total. The van der Waals surface area contributed by atoms with Crippen LogP contribution >= 0.6 is 0 Å². The van der Waals surface area contributed by atoms with E-state index in [1.54, 1.807) is 13.2 Å². The van der Waals surface area contributed by atoms with Gasteiger partial charge in [-0.05, 0) is 0 Å². The predicted octanol–water partition coefficient (Wildman–Crippen LogP) is -0.276. The molecule has 1 radical (unpaired) electrons. The molecule has 1 N–H and O–H groups in total. The summed E-state index contributed by atoms with van der Waals surface area (Å²) in [6, 6.07) is 0. The third-order valence-electron chi connectivity index (χ3n) is 0.475. The van der Waals surface area contributed by atoms with Crippen molar-refractivity contribution in [3.05, 3.63) is 0 Å². The number of rotatable bonds is 2. The standard InChI is InChI=1S/C4H7O2/c1-4(2-5)3-6/h4-5H,2H2,1H3/t4-/m1/s1.